The normalized spacial score (nSPS) is 13.4. The number of unbranched alkanes of at least 4 members (excludes halogenated alkanes) is 2. The molecule has 0 aliphatic rings. The number of amides is 2. The van der Waals surface area contributed by atoms with E-state index in [1.165, 1.54) is 0 Å². The standard InChI is InChI=1S/C25H42N4O8/c1-24(2,3)36-22(34)26-18(20(30)31)11-7-9-13-28-15-16-29(17-28)14-10-8-12-19(21(32)33)27-23(35)37-25(4,5)6/h15-19H,7-14H2,1-6H3,(H3-,26,27,30,31,32,33,34,35)/p+1/t18-,19-/m0/s1. The number of aliphatic carboxylic acids is 2. The summed E-state index contributed by atoms with van der Waals surface area (Å²) in [6.07, 6.45) is 7.50. The van der Waals surface area contributed by atoms with Gasteiger partial charge in [0.05, 0.1) is 13.1 Å². The Bertz CT molecular complexity index is 831. The molecule has 0 spiro atoms. The van der Waals surface area contributed by atoms with E-state index in [0.717, 1.165) is 12.8 Å². The van der Waals surface area contributed by atoms with Crippen molar-refractivity contribution < 1.29 is 43.4 Å². The van der Waals surface area contributed by atoms with E-state index in [1.807, 2.05) is 27.9 Å². The molecule has 1 aromatic rings. The number of aromatic nitrogens is 2. The van der Waals surface area contributed by atoms with Gasteiger partial charge in [-0.3, -0.25) is 0 Å². The lowest BCUT2D eigenvalue weighted by molar-refractivity contribution is -0.696. The Morgan fingerprint density at radius 2 is 1.27 bits per heavy atom. The molecule has 0 radical (unpaired) electrons. The number of ether oxygens (including phenoxy) is 2. The molecule has 12 heteroatoms. The average Bonchev–Trinajstić information content (AvgIpc) is 3.17. The van der Waals surface area contributed by atoms with Crippen LogP contribution in [-0.4, -0.2) is 62.2 Å². The molecule has 210 valence electrons. The summed E-state index contributed by atoms with van der Waals surface area (Å²) < 4.78 is 14.2. The Kier molecular flexibility index (Phi) is 12.4. The SMILES string of the molecule is CC(C)(C)OC(=O)N[C@@H](CCCCn1cc[n+](CCCC[C@H](NC(=O)OC(C)(C)C)C(=O)O)c1)C(=O)O. The van der Waals surface area contributed by atoms with E-state index in [0.29, 0.717) is 25.9 Å². The number of carboxylic acids is 2. The first-order valence-electron chi connectivity index (χ1n) is 12.5. The van der Waals surface area contributed by atoms with Gasteiger partial charge in [-0.1, -0.05) is 0 Å². The average molecular weight is 528 g/mol. The summed E-state index contributed by atoms with van der Waals surface area (Å²) in [6.45, 7) is 11.6. The van der Waals surface area contributed by atoms with Crippen LogP contribution in [0.25, 0.3) is 0 Å². The van der Waals surface area contributed by atoms with Crippen molar-refractivity contribution in [2.45, 2.75) is 116 Å². The van der Waals surface area contributed by atoms with E-state index in [4.69, 9.17) is 9.47 Å². The minimum Gasteiger partial charge on any atom is -0.480 e. The largest absolute Gasteiger partial charge is 0.480 e. The van der Waals surface area contributed by atoms with E-state index in [9.17, 15) is 29.4 Å². The molecule has 0 bridgehead atoms. The molecule has 0 unspecified atom stereocenters. The minimum atomic E-state index is -1.10. The van der Waals surface area contributed by atoms with Crippen molar-refractivity contribution in [3.8, 4) is 0 Å². The van der Waals surface area contributed by atoms with Crippen molar-refractivity contribution in [1.29, 1.82) is 0 Å². The van der Waals surface area contributed by atoms with E-state index in [2.05, 4.69) is 10.6 Å². The van der Waals surface area contributed by atoms with Gasteiger partial charge in [0, 0.05) is 0 Å². The zero-order chi connectivity index (χ0) is 28.2. The molecule has 37 heavy (non-hydrogen) atoms. The monoisotopic (exact) mass is 527 g/mol. The number of hydrogen-bond donors (Lipinski definition) is 4. The topological polar surface area (TPSA) is 160 Å². The highest BCUT2D eigenvalue weighted by Crippen LogP contribution is 2.10. The summed E-state index contributed by atoms with van der Waals surface area (Å²) in [5, 5.41) is 23.5. The van der Waals surface area contributed by atoms with Gasteiger partial charge in [0.1, 0.15) is 35.7 Å². The molecule has 1 heterocycles. The van der Waals surface area contributed by atoms with Crippen LogP contribution in [0.1, 0.15) is 80.1 Å². The first-order chi connectivity index (χ1) is 17.1. The number of nitrogens with one attached hydrogen (secondary N) is 2. The summed E-state index contributed by atoms with van der Waals surface area (Å²) in [7, 11) is 0. The first-order valence-corrected chi connectivity index (χ1v) is 12.5. The van der Waals surface area contributed by atoms with Crippen molar-refractivity contribution >= 4 is 24.1 Å². The molecule has 12 nitrogen and oxygen atoms in total. The molecular formula is C25H43N4O8+. The van der Waals surface area contributed by atoms with Crippen molar-refractivity contribution in [1.82, 2.24) is 15.2 Å². The van der Waals surface area contributed by atoms with E-state index in [-0.39, 0.29) is 12.8 Å². The number of carbonyl (C=O) groups is 4. The van der Waals surface area contributed by atoms with Crippen LogP contribution in [-0.2, 0) is 32.2 Å². The third kappa shape index (κ3) is 14.7. The van der Waals surface area contributed by atoms with Crippen LogP contribution in [0.5, 0.6) is 0 Å². The van der Waals surface area contributed by atoms with Gasteiger partial charge >= 0.3 is 24.1 Å². The molecular weight excluding hydrogens is 484 g/mol. The molecule has 1 rings (SSSR count). The quantitative estimate of drug-likeness (QED) is 0.212. The second-order valence-electron chi connectivity index (χ2n) is 11.0. The number of carboxylic acid groups (broad SMARTS) is 2. The molecule has 0 aliphatic carbocycles. The first kappa shape index (κ1) is 31.7. The van der Waals surface area contributed by atoms with Crippen LogP contribution >= 0.6 is 0 Å². The third-order valence-electron chi connectivity index (χ3n) is 5.04. The lowest BCUT2D eigenvalue weighted by Gasteiger charge is -2.21. The summed E-state index contributed by atoms with van der Waals surface area (Å²) in [4.78, 5) is 46.6. The van der Waals surface area contributed by atoms with Crippen molar-refractivity contribution in [3.63, 3.8) is 0 Å². The summed E-state index contributed by atoms with van der Waals surface area (Å²) in [6, 6.07) is -2.02. The second-order valence-corrected chi connectivity index (χ2v) is 11.0. The summed E-state index contributed by atoms with van der Waals surface area (Å²) >= 11 is 0. The predicted molar refractivity (Wildman–Crippen MR) is 134 cm³/mol. The number of hydrogen-bond acceptors (Lipinski definition) is 6. The molecule has 2 atom stereocenters. The smallest absolute Gasteiger partial charge is 0.408 e. The van der Waals surface area contributed by atoms with E-state index in [1.54, 1.807) is 41.5 Å². The summed E-state index contributed by atoms with van der Waals surface area (Å²) in [5.74, 6) is -2.20. The number of nitrogens with zero attached hydrogens (tertiary/aromatic N) is 2. The van der Waals surface area contributed by atoms with E-state index < -0.39 is 47.4 Å². The van der Waals surface area contributed by atoms with Crippen LogP contribution in [0.15, 0.2) is 18.7 Å². The number of imidazole rings is 1. The van der Waals surface area contributed by atoms with Gasteiger partial charge in [0.2, 0.25) is 6.33 Å². The van der Waals surface area contributed by atoms with Crippen molar-refractivity contribution in [2.24, 2.45) is 0 Å². The van der Waals surface area contributed by atoms with Crippen molar-refractivity contribution in [2.75, 3.05) is 0 Å². The molecule has 1 aromatic heterocycles. The highest BCUT2D eigenvalue weighted by atomic mass is 16.6. The Morgan fingerprint density at radius 1 is 0.811 bits per heavy atom. The number of alkyl carbamates (subject to hydrolysis) is 2. The number of carbonyl (C=O) groups excluding carboxylic acids is 2. The molecule has 4 N–H and O–H groups in total. The maximum Gasteiger partial charge on any atom is 0.408 e. The molecule has 0 saturated carbocycles. The fourth-order valence-electron chi connectivity index (χ4n) is 3.40. The van der Waals surface area contributed by atoms with Crippen LogP contribution in [0.3, 0.4) is 0 Å². The fourth-order valence-corrected chi connectivity index (χ4v) is 3.40. The van der Waals surface area contributed by atoms with Crippen molar-refractivity contribution in [3.05, 3.63) is 18.7 Å². The highest BCUT2D eigenvalue weighted by molar-refractivity contribution is 5.80. The number of rotatable bonds is 14. The van der Waals surface area contributed by atoms with Gasteiger partial charge in [-0.25, -0.2) is 28.3 Å². The maximum absolute atomic E-state index is 11.8. The molecule has 0 aliphatic heterocycles. The second kappa shape index (κ2) is 14.4. The Morgan fingerprint density at radius 3 is 1.70 bits per heavy atom. The minimum absolute atomic E-state index is 0.290. The van der Waals surface area contributed by atoms with Crippen LogP contribution in [0.4, 0.5) is 9.59 Å². The van der Waals surface area contributed by atoms with Gasteiger partial charge in [-0.2, -0.15) is 0 Å². The van der Waals surface area contributed by atoms with Gasteiger partial charge in [-0.05, 0) is 80.1 Å². The highest BCUT2D eigenvalue weighted by Gasteiger charge is 2.25. The molecule has 0 saturated heterocycles. The van der Waals surface area contributed by atoms with Crippen LogP contribution in [0, 0.1) is 0 Å². The fraction of sp³-hybridized carbons (Fsp3) is 0.720. The molecule has 0 fully saturated rings. The predicted octanol–water partition coefficient (Wildman–Crippen LogP) is 3.07. The number of aryl methyl sites for hydroxylation is 2. The van der Waals surface area contributed by atoms with Crippen LogP contribution in [0.2, 0.25) is 0 Å². The Balaban J connectivity index is 2.37. The lowest BCUT2D eigenvalue weighted by atomic mass is 10.1. The Labute approximate surface area is 218 Å². The Hall–Kier alpha value is -3.31. The zero-order valence-electron chi connectivity index (χ0n) is 22.8. The van der Waals surface area contributed by atoms with Crippen LogP contribution < -0.4 is 15.2 Å². The lowest BCUT2D eigenvalue weighted by Crippen LogP contribution is -2.43. The molecule has 0 aromatic carbocycles. The maximum atomic E-state index is 11.8. The van der Waals surface area contributed by atoms with E-state index >= 15 is 0 Å². The van der Waals surface area contributed by atoms with Gasteiger partial charge in [0.15, 0.2) is 0 Å². The zero-order valence-corrected chi connectivity index (χ0v) is 22.8. The van der Waals surface area contributed by atoms with Gasteiger partial charge in [-0.15, -0.1) is 0 Å². The van der Waals surface area contributed by atoms with Gasteiger partial charge in [0.25, 0.3) is 0 Å². The summed E-state index contributed by atoms with van der Waals surface area (Å²) in [5.41, 5.74) is -1.41. The van der Waals surface area contributed by atoms with Gasteiger partial charge < -0.3 is 30.3 Å². The molecule has 2 amide bonds. The third-order valence-corrected chi connectivity index (χ3v) is 5.04.